The molecule has 1 saturated heterocycles. The molecule has 0 amide bonds. The monoisotopic (exact) mass is 310 g/mol. The number of nitrogens with zero attached hydrogens (tertiary/aromatic N) is 1. The van der Waals surface area contributed by atoms with Crippen LogP contribution in [-0.4, -0.2) is 38.6 Å². The highest BCUT2D eigenvalue weighted by atomic mass is 19.4. The van der Waals surface area contributed by atoms with E-state index in [1.165, 1.54) is 0 Å². The summed E-state index contributed by atoms with van der Waals surface area (Å²) in [5.41, 5.74) is -5.41. The molecule has 21 heavy (non-hydrogen) atoms. The van der Waals surface area contributed by atoms with Crippen molar-refractivity contribution in [2.75, 3.05) is 13.2 Å². The molecule has 0 bridgehead atoms. The smallest absolute Gasteiger partial charge is 0.393 e. The van der Waals surface area contributed by atoms with Crippen LogP contribution in [-0.2, 0) is 10.9 Å². The summed E-state index contributed by atoms with van der Waals surface area (Å²) in [7, 11) is 0. The quantitative estimate of drug-likeness (QED) is 0.704. The molecule has 1 atom stereocenters. The van der Waals surface area contributed by atoms with Gasteiger partial charge in [-0.25, -0.2) is 4.79 Å². The summed E-state index contributed by atoms with van der Waals surface area (Å²) < 4.78 is 43.9. The number of aromatic amines is 1. The SMILES string of the molecule is O=c1[nH]c(=O)n([C@H]2CCC(CO)(CO)O2)cc1C(F)(F)F. The molecule has 0 radical (unpaired) electrons. The highest BCUT2D eigenvalue weighted by molar-refractivity contribution is 5.09. The third kappa shape index (κ3) is 2.87. The minimum Gasteiger partial charge on any atom is -0.393 e. The number of halogens is 3. The Balaban J connectivity index is 2.42. The van der Waals surface area contributed by atoms with Crippen molar-refractivity contribution in [3.63, 3.8) is 0 Å². The van der Waals surface area contributed by atoms with Gasteiger partial charge in [-0.2, -0.15) is 13.2 Å². The number of ether oxygens (including phenoxy) is 1. The third-order valence-electron chi connectivity index (χ3n) is 3.39. The van der Waals surface area contributed by atoms with Crippen molar-refractivity contribution in [1.29, 1.82) is 0 Å². The largest absolute Gasteiger partial charge is 0.423 e. The molecule has 0 aromatic carbocycles. The Bertz CT molecular complexity index is 632. The third-order valence-corrected chi connectivity index (χ3v) is 3.39. The topological polar surface area (TPSA) is 105 Å². The standard InChI is InChI=1S/C11H13F3N2O5/c12-11(13,14)6-3-16(9(20)15-8(6)19)7-1-2-10(4-17,5-18)21-7/h3,7,17-18H,1-2,4-5H2,(H,15,19,20)/t7-/m1/s1. The van der Waals surface area contributed by atoms with Crippen LogP contribution in [0.5, 0.6) is 0 Å². The average molecular weight is 310 g/mol. The van der Waals surface area contributed by atoms with E-state index in [-0.39, 0.29) is 12.8 Å². The zero-order valence-electron chi connectivity index (χ0n) is 10.7. The van der Waals surface area contributed by atoms with E-state index >= 15 is 0 Å². The van der Waals surface area contributed by atoms with Crippen LogP contribution >= 0.6 is 0 Å². The second kappa shape index (κ2) is 5.28. The molecule has 1 fully saturated rings. The Morgan fingerprint density at radius 3 is 2.48 bits per heavy atom. The van der Waals surface area contributed by atoms with E-state index < -0.39 is 48.0 Å². The Hall–Kier alpha value is -1.65. The molecule has 0 saturated carbocycles. The highest BCUT2D eigenvalue weighted by Gasteiger charge is 2.42. The van der Waals surface area contributed by atoms with Gasteiger partial charge in [0.25, 0.3) is 5.56 Å². The first-order valence-electron chi connectivity index (χ1n) is 6.05. The molecule has 1 aliphatic rings. The van der Waals surface area contributed by atoms with Gasteiger partial charge in [0.05, 0.1) is 13.2 Å². The fourth-order valence-corrected chi connectivity index (χ4v) is 2.17. The maximum atomic E-state index is 12.7. The fourth-order valence-electron chi connectivity index (χ4n) is 2.17. The molecule has 0 aliphatic carbocycles. The summed E-state index contributed by atoms with van der Waals surface area (Å²) in [4.78, 5) is 24.4. The second-order valence-corrected chi connectivity index (χ2v) is 4.82. The van der Waals surface area contributed by atoms with Gasteiger partial charge in [-0.3, -0.25) is 14.3 Å². The molecular weight excluding hydrogens is 297 g/mol. The van der Waals surface area contributed by atoms with E-state index in [4.69, 9.17) is 14.9 Å². The summed E-state index contributed by atoms with van der Waals surface area (Å²) in [6.07, 6.45) is -5.35. The van der Waals surface area contributed by atoms with Crippen molar-refractivity contribution < 1.29 is 28.1 Å². The predicted molar refractivity (Wildman–Crippen MR) is 62.6 cm³/mol. The van der Waals surface area contributed by atoms with Crippen LogP contribution in [0, 0.1) is 0 Å². The summed E-state index contributed by atoms with van der Waals surface area (Å²) in [5, 5.41) is 18.3. The van der Waals surface area contributed by atoms with E-state index in [2.05, 4.69) is 0 Å². The van der Waals surface area contributed by atoms with Crippen LogP contribution in [0.4, 0.5) is 13.2 Å². The van der Waals surface area contributed by atoms with Crippen molar-refractivity contribution in [2.45, 2.75) is 30.8 Å². The zero-order valence-corrected chi connectivity index (χ0v) is 10.7. The Labute approximate surface area is 115 Å². The summed E-state index contributed by atoms with van der Waals surface area (Å²) >= 11 is 0. The Morgan fingerprint density at radius 2 is 2.00 bits per heavy atom. The Kier molecular flexibility index (Phi) is 3.95. The molecule has 0 spiro atoms. The summed E-state index contributed by atoms with van der Waals surface area (Å²) in [6.45, 7) is -1.07. The van der Waals surface area contributed by atoms with Gasteiger partial charge in [-0.15, -0.1) is 0 Å². The number of aromatic nitrogens is 2. The first-order chi connectivity index (χ1) is 9.72. The highest BCUT2D eigenvalue weighted by Crippen LogP contribution is 2.35. The number of hydrogen-bond acceptors (Lipinski definition) is 5. The van der Waals surface area contributed by atoms with Crippen molar-refractivity contribution in [1.82, 2.24) is 9.55 Å². The minimum atomic E-state index is -4.91. The van der Waals surface area contributed by atoms with E-state index in [1.54, 1.807) is 4.98 Å². The number of aliphatic hydroxyl groups excluding tert-OH is 2. The van der Waals surface area contributed by atoms with Crippen molar-refractivity contribution in [3.8, 4) is 0 Å². The van der Waals surface area contributed by atoms with Gasteiger partial charge >= 0.3 is 11.9 Å². The van der Waals surface area contributed by atoms with Gasteiger partial charge in [0, 0.05) is 6.20 Å². The summed E-state index contributed by atoms with van der Waals surface area (Å²) in [6, 6.07) is 0. The fraction of sp³-hybridized carbons (Fsp3) is 0.636. The van der Waals surface area contributed by atoms with Gasteiger partial charge < -0.3 is 14.9 Å². The number of H-pyrrole nitrogens is 1. The van der Waals surface area contributed by atoms with Crippen molar-refractivity contribution in [2.24, 2.45) is 0 Å². The molecule has 0 unspecified atom stereocenters. The number of aliphatic hydroxyl groups is 2. The second-order valence-electron chi connectivity index (χ2n) is 4.82. The molecule has 2 rings (SSSR count). The van der Waals surface area contributed by atoms with Crippen LogP contribution in [0.1, 0.15) is 24.6 Å². The van der Waals surface area contributed by atoms with Crippen LogP contribution < -0.4 is 11.2 Å². The van der Waals surface area contributed by atoms with E-state index in [1.807, 2.05) is 0 Å². The van der Waals surface area contributed by atoms with E-state index in [9.17, 15) is 22.8 Å². The van der Waals surface area contributed by atoms with Crippen LogP contribution in [0.25, 0.3) is 0 Å². The average Bonchev–Trinajstić information content (AvgIpc) is 2.82. The van der Waals surface area contributed by atoms with Gasteiger partial charge in [-0.1, -0.05) is 0 Å². The van der Waals surface area contributed by atoms with Gasteiger partial charge in [0.1, 0.15) is 17.4 Å². The molecule has 1 aliphatic heterocycles. The lowest BCUT2D eigenvalue weighted by Gasteiger charge is -2.25. The molecule has 10 heteroatoms. The molecule has 2 heterocycles. The first kappa shape index (κ1) is 15.7. The lowest BCUT2D eigenvalue weighted by atomic mass is 10.0. The van der Waals surface area contributed by atoms with Crippen LogP contribution in [0.2, 0.25) is 0 Å². The van der Waals surface area contributed by atoms with E-state index in [0.717, 1.165) is 0 Å². The molecular formula is C11H13F3N2O5. The minimum absolute atomic E-state index is 0.115. The lowest BCUT2D eigenvalue weighted by molar-refractivity contribution is -0.141. The normalized spacial score (nSPS) is 21.7. The van der Waals surface area contributed by atoms with Crippen LogP contribution in [0.3, 0.4) is 0 Å². The lowest BCUT2D eigenvalue weighted by Crippen LogP contribution is -2.40. The molecule has 1 aromatic heterocycles. The molecule has 7 nitrogen and oxygen atoms in total. The first-order valence-corrected chi connectivity index (χ1v) is 6.05. The van der Waals surface area contributed by atoms with Crippen LogP contribution in [0.15, 0.2) is 15.8 Å². The Morgan fingerprint density at radius 1 is 1.38 bits per heavy atom. The maximum absolute atomic E-state index is 12.7. The number of nitrogens with one attached hydrogen (secondary N) is 1. The maximum Gasteiger partial charge on any atom is 0.423 e. The molecule has 118 valence electrons. The van der Waals surface area contributed by atoms with Gasteiger partial charge in [-0.05, 0) is 12.8 Å². The number of alkyl halides is 3. The van der Waals surface area contributed by atoms with Gasteiger partial charge in [0.2, 0.25) is 0 Å². The zero-order chi connectivity index (χ0) is 15.8. The van der Waals surface area contributed by atoms with Gasteiger partial charge in [0.15, 0.2) is 0 Å². The van der Waals surface area contributed by atoms with Crippen molar-refractivity contribution in [3.05, 3.63) is 32.6 Å². The van der Waals surface area contributed by atoms with Crippen molar-refractivity contribution >= 4 is 0 Å². The predicted octanol–water partition coefficient (Wildman–Crippen LogP) is -0.412. The summed E-state index contributed by atoms with van der Waals surface area (Å²) in [5.74, 6) is 0. The molecule has 3 N–H and O–H groups in total. The van der Waals surface area contributed by atoms with E-state index in [0.29, 0.717) is 10.8 Å². The number of rotatable bonds is 3. The number of hydrogen-bond donors (Lipinski definition) is 3. The molecule has 1 aromatic rings.